The molecule has 2 N–H and O–H groups in total. The molecule has 0 aliphatic heterocycles. The van der Waals surface area contributed by atoms with Crippen molar-refractivity contribution in [1.82, 2.24) is 0 Å². The Bertz CT molecular complexity index is 8.00. The third kappa shape index (κ3) is 9.12. The van der Waals surface area contributed by atoms with Crippen LogP contribution in [-0.4, -0.2) is 28.5 Å². The molecular weight excluding hydrogens is 162 g/mol. The van der Waals surface area contributed by atoms with Gasteiger partial charge in [0.1, 0.15) is 0 Å². The zero-order valence-electron chi connectivity index (χ0n) is 2.27. The van der Waals surface area contributed by atoms with Gasteiger partial charge in [-0.3, -0.25) is 0 Å². The topological polar surface area (TPSA) is 31.5 Å². The Labute approximate surface area is 64.6 Å². The first-order valence-electron chi connectivity index (χ1n) is 0. The maximum atomic E-state index is 0. The predicted molar refractivity (Wildman–Crippen MR) is 9.37 cm³/mol. The summed E-state index contributed by atoms with van der Waals surface area (Å²) in [4.78, 5) is 0. The van der Waals surface area contributed by atoms with Crippen molar-refractivity contribution in [3.63, 3.8) is 0 Å². The van der Waals surface area contributed by atoms with E-state index in [9.17, 15) is 0 Å². The van der Waals surface area contributed by atoms with Gasteiger partial charge in [0, 0.05) is 59.6 Å². The fourth-order valence-corrected chi connectivity index (χ4v) is 0. The Hall–Kier alpha value is 1.87. The molecule has 4 heavy (non-hydrogen) atoms. The second-order valence-corrected chi connectivity index (χ2v) is 0. The molecule has 0 unspecified atom stereocenters. The molecule has 2 radical (unpaired) electrons. The summed E-state index contributed by atoms with van der Waals surface area (Å²) in [7, 11) is 0. The van der Waals surface area contributed by atoms with Crippen LogP contribution in [0.1, 0.15) is 0 Å². The maximum Gasteiger partial charge on any atom is 0 e. The van der Waals surface area contributed by atoms with Gasteiger partial charge in [0.25, 0.3) is 0 Å². The summed E-state index contributed by atoms with van der Waals surface area (Å²) in [6, 6.07) is 0. The predicted octanol–water partition coefficient (Wildman–Crippen LogP) is -1.21. The molecule has 1 nitrogen and oxygen atoms in total. The van der Waals surface area contributed by atoms with Crippen LogP contribution in [0.3, 0.4) is 0 Å². The normalized spacial score (nSPS) is 0. The third-order valence-electron chi connectivity index (χ3n) is 0. The van der Waals surface area contributed by atoms with Crippen LogP contribution >= 0.6 is 0 Å². The summed E-state index contributed by atoms with van der Waals surface area (Å²) < 4.78 is 0. The van der Waals surface area contributed by atoms with Gasteiger partial charge in [-0.25, -0.2) is 0 Å². The third-order valence-corrected chi connectivity index (χ3v) is 0. The van der Waals surface area contributed by atoms with E-state index in [0.717, 1.165) is 0 Å². The largest absolute Gasteiger partial charge is 0.412 e. The monoisotopic (exact) mass is 162 g/mol. The molecule has 4 heteroatoms. The van der Waals surface area contributed by atoms with Crippen LogP contribution in [0.25, 0.3) is 0 Å². The summed E-state index contributed by atoms with van der Waals surface area (Å²) >= 11 is 0. The zero-order chi connectivity index (χ0) is 0. The molecule has 0 heterocycles. The van der Waals surface area contributed by atoms with Gasteiger partial charge < -0.3 is 5.48 Å². The van der Waals surface area contributed by atoms with Crippen LogP contribution in [0.4, 0.5) is 0 Å². The molecule has 0 aromatic carbocycles. The van der Waals surface area contributed by atoms with E-state index in [0.29, 0.717) is 0 Å². The molecule has 0 spiro atoms. The molecule has 0 bridgehead atoms. The number of rotatable bonds is 0. The zero-order valence-corrected chi connectivity index (χ0v) is 7.75. The van der Waals surface area contributed by atoms with E-state index in [1.807, 2.05) is 0 Å². The Morgan fingerprint density at radius 3 is 1.00 bits per heavy atom. The summed E-state index contributed by atoms with van der Waals surface area (Å²) in [6.07, 6.45) is 0. The Kier molecular flexibility index (Phi) is 208. The van der Waals surface area contributed by atoms with E-state index in [2.05, 4.69) is 0 Å². The molecular formula is H2FeMgOZn. The molecule has 20 valence electrons. The van der Waals surface area contributed by atoms with Gasteiger partial charge in [0.05, 0.1) is 0 Å². The van der Waals surface area contributed by atoms with E-state index in [1.165, 1.54) is 0 Å². The van der Waals surface area contributed by atoms with Crippen LogP contribution in [-0.2, 0) is 36.5 Å². The van der Waals surface area contributed by atoms with Crippen molar-refractivity contribution in [1.29, 1.82) is 0 Å². The number of hydrogen-bond acceptors (Lipinski definition) is 0. The van der Waals surface area contributed by atoms with Gasteiger partial charge in [-0.1, -0.05) is 0 Å². The van der Waals surface area contributed by atoms with Gasteiger partial charge in [-0.2, -0.15) is 0 Å². The molecule has 0 rings (SSSR count). The average Bonchev–Trinajstić information content (AvgIpc) is 0. The van der Waals surface area contributed by atoms with Crippen LogP contribution in [0.5, 0.6) is 0 Å². The first kappa shape index (κ1) is 39.8. The van der Waals surface area contributed by atoms with E-state index >= 15 is 0 Å². The molecule has 0 saturated heterocycles. The summed E-state index contributed by atoms with van der Waals surface area (Å²) in [6.45, 7) is 0. The van der Waals surface area contributed by atoms with Crippen molar-refractivity contribution in [2.24, 2.45) is 0 Å². The van der Waals surface area contributed by atoms with E-state index in [1.54, 1.807) is 0 Å². The van der Waals surface area contributed by atoms with Crippen molar-refractivity contribution >= 4 is 23.1 Å². The first-order valence-corrected chi connectivity index (χ1v) is 0. The van der Waals surface area contributed by atoms with Crippen molar-refractivity contribution in [2.75, 3.05) is 0 Å². The Morgan fingerprint density at radius 2 is 1.00 bits per heavy atom. The fraction of sp³-hybridized carbons (Fsp3) is 0. The first-order chi connectivity index (χ1) is 0. The molecule has 0 aromatic rings. The Morgan fingerprint density at radius 1 is 1.00 bits per heavy atom. The van der Waals surface area contributed by atoms with Gasteiger partial charge >= 0.3 is 0 Å². The van der Waals surface area contributed by atoms with Crippen molar-refractivity contribution < 1.29 is 42.0 Å². The number of hydrogen-bond donors (Lipinski definition) is 0. The summed E-state index contributed by atoms with van der Waals surface area (Å²) in [5.74, 6) is 0. The summed E-state index contributed by atoms with van der Waals surface area (Å²) in [5.41, 5.74) is 0. The van der Waals surface area contributed by atoms with Crippen molar-refractivity contribution in [3.05, 3.63) is 0 Å². The SMILES string of the molecule is O.[Fe].[Mg].[Zn]. The molecule has 0 aliphatic rings. The molecule has 0 fully saturated rings. The van der Waals surface area contributed by atoms with Gasteiger partial charge in [0.15, 0.2) is 0 Å². The van der Waals surface area contributed by atoms with Gasteiger partial charge in [-0.15, -0.1) is 0 Å². The molecule has 0 aliphatic carbocycles. The quantitative estimate of drug-likeness (QED) is 0.402. The van der Waals surface area contributed by atoms with E-state index in [-0.39, 0.29) is 65.1 Å². The van der Waals surface area contributed by atoms with Gasteiger partial charge in [0.2, 0.25) is 0 Å². The van der Waals surface area contributed by atoms with Crippen LogP contribution < -0.4 is 0 Å². The van der Waals surface area contributed by atoms with E-state index in [4.69, 9.17) is 0 Å². The smallest absolute Gasteiger partial charge is 0 e. The molecule has 0 amide bonds. The molecule has 0 aromatic heterocycles. The van der Waals surface area contributed by atoms with Crippen molar-refractivity contribution in [3.8, 4) is 0 Å². The van der Waals surface area contributed by atoms with Gasteiger partial charge in [-0.05, 0) is 0 Å². The maximum absolute atomic E-state index is 0. The average molecular weight is 164 g/mol. The minimum Gasteiger partial charge on any atom is -0.412 e. The Balaban J connectivity index is 0. The molecule has 0 saturated carbocycles. The van der Waals surface area contributed by atoms with E-state index < -0.39 is 0 Å². The van der Waals surface area contributed by atoms with Crippen LogP contribution in [0.2, 0.25) is 0 Å². The van der Waals surface area contributed by atoms with Crippen LogP contribution in [0.15, 0.2) is 0 Å². The molecule has 0 atom stereocenters. The second kappa shape index (κ2) is 20.9. The second-order valence-electron chi connectivity index (χ2n) is 0. The van der Waals surface area contributed by atoms with Crippen molar-refractivity contribution in [2.45, 2.75) is 0 Å². The minimum atomic E-state index is 0. The fourth-order valence-electron chi connectivity index (χ4n) is 0. The summed E-state index contributed by atoms with van der Waals surface area (Å²) in [5, 5.41) is 0. The minimum absolute atomic E-state index is 0. The standard InChI is InChI=1S/Fe.Mg.H2O.Zn/h;;1H2;. The van der Waals surface area contributed by atoms with Crippen LogP contribution in [0, 0.1) is 0 Å².